The van der Waals surface area contributed by atoms with E-state index in [1.165, 1.54) is 12.1 Å². The first kappa shape index (κ1) is 13.7. The number of aryl methyl sites for hydroxylation is 2. The third-order valence-electron chi connectivity index (χ3n) is 2.74. The minimum absolute atomic E-state index is 0.0253. The van der Waals surface area contributed by atoms with Gasteiger partial charge in [-0.2, -0.15) is 5.10 Å². The van der Waals surface area contributed by atoms with E-state index in [2.05, 4.69) is 5.10 Å². The van der Waals surface area contributed by atoms with Gasteiger partial charge in [-0.25, -0.2) is 12.8 Å². The van der Waals surface area contributed by atoms with Gasteiger partial charge in [-0.15, -0.1) is 0 Å². The molecule has 1 heterocycles. The minimum Gasteiger partial charge on any atom is -0.272 e. The summed E-state index contributed by atoms with van der Waals surface area (Å²) in [6, 6.07) is 4.90. The van der Waals surface area contributed by atoms with E-state index in [0.29, 0.717) is 13.0 Å². The maximum Gasteiger partial charge on any atom is 0.178 e. The third kappa shape index (κ3) is 3.64. The van der Waals surface area contributed by atoms with Crippen LogP contribution in [-0.4, -0.2) is 24.0 Å². The van der Waals surface area contributed by atoms with Crippen molar-refractivity contribution in [2.45, 2.75) is 24.8 Å². The Morgan fingerprint density at radius 3 is 2.53 bits per heavy atom. The Hall–Kier alpha value is -1.69. The minimum atomic E-state index is -3.35. The lowest BCUT2D eigenvalue weighted by Gasteiger charge is -2.04. The van der Waals surface area contributed by atoms with Crippen molar-refractivity contribution in [3.8, 4) is 0 Å². The van der Waals surface area contributed by atoms with Crippen molar-refractivity contribution >= 4 is 9.84 Å². The van der Waals surface area contributed by atoms with E-state index in [1.807, 2.05) is 13.1 Å². The van der Waals surface area contributed by atoms with E-state index in [-0.39, 0.29) is 10.6 Å². The molecule has 0 aliphatic rings. The van der Waals surface area contributed by atoms with Gasteiger partial charge in [-0.3, -0.25) is 4.68 Å². The molecule has 0 spiro atoms. The average molecular weight is 282 g/mol. The molecule has 0 saturated carbocycles. The molecule has 0 atom stereocenters. The predicted molar refractivity (Wildman–Crippen MR) is 70.0 cm³/mol. The fourth-order valence-electron chi connectivity index (χ4n) is 1.77. The van der Waals surface area contributed by atoms with Crippen molar-refractivity contribution in [2.75, 3.05) is 5.75 Å². The lowest BCUT2D eigenvalue weighted by Crippen LogP contribution is -2.10. The number of hydrogen-bond acceptors (Lipinski definition) is 3. The molecule has 0 aliphatic heterocycles. The maximum atomic E-state index is 12.7. The molecule has 0 amide bonds. The van der Waals surface area contributed by atoms with Gasteiger partial charge in [0.15, 0.2) is 9.84 Å². The van der Waals surface area contributed by atoms with Crippen molar-refractivity contribution in [1.82, 2.24) is 9.78 Å². The first-order valence-corrected chi connectivity index (χ1v) is 7.60. The molecule has 1 aromatic carbocycles. The molecule has 1 aromatic heterocycles. The van der Waals surface area contributed by atoms with Crippen LogP contribution in [0.5, 0.6) is 0 Å². The summed E-state index contributed by atoms with van der Waals surface area (Å²) in [4.78, 5) is 0.158. The lowest BCUT2D eigenvalue weighted by atomic mass is 10.4. The molecule has 0 unspecified atom stereocenters. The van der Waals surface area contributed by atoms with Crippen LogP contribution < -0.4 is 0 Å². The topological polar surface area (TPSA) is 52.0 Å². The van der Waals surface area contributed by atoms with Crippen LogP contribution in [0.2, 0.25) is 0 Å². The molecule has 0 fully saturated rings. The Morgan fingerprint density at radius 1 is 1.26 bits per heavy atom. The molecule has 102 valence electrons. The van der Waals surface area contributed by atoms with Gasteiger partial charge in [0.05, 0.1) is 16.8 Å². The van der Waals surface area contributed by atoms with Crippen LogP contribution in [0.15, 0.2) is 41.6 Å². The number of halogens is 1. The highest BCUT2D eigenvalue weighted by molar-refractivity contribution is 7.91. The molecule has 19 heavy (non-hydrogen) atoms. The Kier molecular flexibility index (Phi) is 3.99. The van der Waals surface area contributed by atoms with Crippen molar-refractivity contribution in [2.24, 2.45) is 0 Å². The second kappa shape index (κ2) is 5.52. The van der Waals surface area contributed by atoms with Crippen LogP contribution in [0.3, 0.4) is 0 Å². The van der Waals surface area contributed by atoms with Crippen molar-refractivity contribution < 1.29 is 12.8 Å². The summed E-state index contributed by atoms with van der Waals surface area (Å²) in [6.45, 7) is 2.48. The second-order valence-electron chi connectivity index (χ2n) is 4.41. The Labute approximate surface area is 111 Å². The van der Waals surface area contributed by atoms with Gasteiger partial charge in [0.2, 0.25) is 0 Å². The first-order valence-electron chi connectivity index (χ1n) is 5.95. The van der Waals surface area contributed by atoms with E-state index in [4.69, 9.17) is 0 Å². The summed E-state index contributed by atoms with van der Waals surface area (Å²) in [7, 11) is -3.35. The Bertz CT molecular complexity index is 648. The Morgan fingerprint density at radius 2 is 1.95 bits per heavy atom. The van der Waals surface area contributed by atoms with Crippen LogP contribution in [0.1, 0.15) is 12.0 Å². The van der Waals surface area contributed by atoms with Gasteiger partial charge in [0, 0.05) is 12.7 Å². The Balaban J connectivity index is 1.96. The van der Waals surface area contributed by atoms with E-state index in [0.717, 1.165) is 17.7 Å². The van der Waals surface area contributed by atoms with Crippen LogP contribution in [-0.2, 0) is 16.4 Å². The summed E-state index contributed by atoms with van der Waals surface area (Å²) in [5, 5.41) is 4.09. The molecule has 0 N–H and O–H groups in total. The highest BCUT2D eigenvalue weighted by Gasteiger charge is 2.14. The molecule has 6 heteroatoms. The molecule has 2 aromatic rings. The monoisotopic (exact) mass is 282 g/mol. The summed E-state index contributed by atoms with van der Waals surface area (Å²) in [5.74, 6) is -0.414. The smallest absolute Gasteiger partial charge is 0.178 e. The average Bonchev–Trinajstić information content (AvgIpc) is 2.75. The third-order valence-corrected chi connectivity index (χ3v) is 4.55. The summed E-state index contributed by atoms with van der Waals surface area (Å²) >= 11 is 0. The highest BCUT2D eigenvalue weighted by Crippen LogP contribution is 2.13. The number of sulfone groups is 1. The van der Waals surface area contributed by atoms with Gasteiger partial charge >= 0.3 is 0 Å². The molecular formula is C13H15FN2O2S. The van der Waals surface area contributed by atoms with Crippen LogP contribution in [0.4, 0.5) is 4.39 Å². The van der Waals surface area contributed by atoms with Gasteiger partial charge in [-0.05, 0) is 43.2 Å². The van der Waals surface area contributed by atoms with Crippen molar-refractivity contribution in [1.29, 1.82) is 0 Å². The predicted octanol–water partition coefficient (Wildman–Crippen LogP) is 2.19. The summed E-state index contributed by atoms with van der Waals surface area (Å²) in [6.07, 6.45) is 4.07. The highest BCUT2D eigenvalue weighted by atomic mass is 32.2. The molecule has 4 nitrogen and oxygen atoms in total. The zero-order valence-electron chi connectivity index (χ0n) is 10.6. The zero-order chi connectivity index (χ0) is 13.9. The van der Waals surface area contributed by atoms with Gasteiger partial charge in [-0.1, -0.05) is 0 Å². The first-order chi connectivity index (χ1) is 8.97. The molecule has 2 rings (SSSR count). The standard InChI is InChI=1S/C13H15FN2O2S/c1-11-9-15-16(10-11)7-2-8-19(17,18)13-5-3-12(14)4-6-13/h3-6,9-10H,2,7-8H2,1H3. The van der Waals surface area contributed by atoms with Crippen LogP contribution in [0.25, 0.3) is 0 Å². The van der Waals surface area contributed by atoms with E-state index < -0.39 is 15.7 Å². The zero-order valence-corrected chi connectivity index (χ0v) is 11.4. The number of hydrogen-bond donors (Lipinski definition) is 0. The van der Waals surface area contributed by atoms with Crippen molar-refractivity contribution in [3.05, 3.63) is 48.0 Å². The number of nitrogens with zero attached hydrogens (tertiary/aromatic N) is 2. The molecular weight excluding hydrogens is 267 g/mol. The van der Waals surface area contributed by atoms with Crippen LogP contribution >= 0.6 is 0 Å². The van der Waals surface area contributed by atoms with Gasteiger partial charge < -0.3 is 0 Å². The lowest BCUT2D eigenvalue weighted by molar-refractivity contribution is 0.572. The molecule has 0 radical (unpaired) electrons. The van der Waals surface area contributed by atoms with Gasteiger partial charge in [0.25, 0.3) is 0 Å². The fourth-order valence-corrected chi connectivity index (χ4v) is 3.06. The largest absolute Gasteiger partial charge is 0.272 e. The van der Waals surface area contributed by atoms with Crippen molar-refractivity contribution in [3.63, 3.8) is 0 Å². The molecule has 0 aliphatic carbocycles. The van der Waals surface area contributed by atoms with E-state index >= 15 is 0 Å². The fraction of sp³-hybridized carbons (Fsp3) is 0.308. The number of benzene rings is 1. The maximum absolute atomic E-state index is 12.7. The molecule has 0 bridgehead atoms. The summed E-state index contributed by atoms with van der Waals surface area (Å²) in [5.41, 5.74) is 1.04. The van der Waals surface area contributed by atoms with Gasteiger partial charge in [0.1, 0.15) is 5.82 Å². The molecule has 0 saturated heterocycles. The van der Waals surface area contributed by atoms with E-state index in [1.54, 1.807) is 10.9 Å². The second-order valence-corrected chi connectivity index (χ2v) is 6.52. The normalized spacial score (nSPS) is 11.7. The van der Waals surface area contributed by atoms with E-state index in [9.17, 15) is 12.8 Å². The quantitative estimate of drug-likeness (QED) is 0.790. The SMILES string of the molecule is Cc1cnn(CCCS(=O)(=O)c2ccc(F)cc2)c1. The van der Waals surface area contributed by atoms with Crippen LogP contribution in [0, 0.1) is 12.7 Å². The summed E-state index contributed by atoms with van der Waals surface area (Å²) < 4.78 is 38.4. The number of rotatable bonds is 5. The number of aromatic nitrogens is 2.